The van der Waals surface area contributed by atoms with Crippen LogP contribution in [0.15, 0.2) is 97.1 Å². The van der Waals surface area contributed by atoms with E-state index in [9.17, 15) is 0 Å². The Hall–Kier alpha value is -3.26. The number of fused-ring (bicyclic) bond motifs is 1. The first kappa shape index (κ1) is 14.3. The molecule has 0 amide bonds. The summed E-state index contributed by atoms with van der Waals surface area (Å²) in [6, 6.07) is 31.6. The third-order valence-electron chi connectivity index (χ3n) is 3.75. The Balaban J connectivity index is 1.76. The van der Waals surface area contributed by atoms with Gasteiger partial charge in [0.05, 0.1) is 0 Å². The summed E-state index contributed by atoms with van der Waals surface area (Å²) in [5, 5.41) is 2.14. The molecule has 0 aliphatic carbocycles. The molecule has 0 aromatic heterocycles. The van der Waals surface area contributed by atoms with Gasteiger partial charge in [0, 0.05) is 11.5 Å². The fourth-order valence-corrected chi connectivity index (χ4v) is 2.63. The SMILES string of the molecule is c1ccc(Oc2cc(Oc3ccccc3)c3ccccc3c2)cc1. The average Bonchev–Trinajstić information content (AvgIpc) is 2.63. The van der Waals surface area contributed by atoms with Crippen LogP contribution in [0.3, 0.4) is 0 Å². The van der Waals surface area contributed by atoms with E-state index in [4.69, 9.17) is 9.47 Å². The lowest BCUT2D eigenvalue weighted by molar-refractivity contribution is 0.464. The van der Waals surface area contributed by atoms with Crippen molar-refractivity contribution in [3.63, 3.8) is 0 Å². The highest BCUT2D eigenvalue weighted by molar-refractivity contribution is 5.90. The summed E-state index contributed by atoms with van der Waals surface area (Å²) >= 11 is 0. The van der Waals surface area contributed by atoms with Crippen molar-refractivity contribution in [3.8, 4) is 23.0 Å². The van der Waals surface area contributed by atoms with Gasteiger partial charge in [0.1, 0.15) is 23.0 Å². The highest BCUT2D eigenvalue weighted by Crippen LogP contribution is 2.35. The van der Waals surface area contributed by atoms with Gasteiger partial charge < -0.3 is 9.47 Å². The molecule has 0 unspecified atom stereocenters. The number of para-hydroxylation sites is 2. The fraction of sp³-hybridized carbons (Fsp3) is 0. The van der Waals surface area contributed by atoms with Crippen LogP contribution in [0.25, 0.3) is 10.8 Å². The van der Waals surface area contributed by atoms with Crippen LogP contribution >= 0.6 is 0 Å². The van der Waals surface area contributed by atoms with Crippen LogP contribution in [0, 0.1) is 0 Å². The molecule has 116 valence electrons. The predicted molar refractivity (Wildman–Crippen MR) is 97.0 cm³/mol. The minimum absolute atomic E-state index is 0.755. The molecule has 24 heavy (non-hydrogen) atoms. The molecule has 0 atom stereocenters. The van der Waals surface area contributed by atoms with Crippen molar-refractivity contribution < 1.29 is 9.47 Å². The molecular weight excluding hydrogens is 296 g/mol. The standard InChI is InChI=1S/C22H16O2/c1-3-10-18(11-4-1)23-20-15-17-9-7-8-14-21(17)22(16-20)24-19-12-5-2-6-13-19/h1-16H. The predicted octanol–water partition coefficient (Wildman–Crippen LogP) is 6.42. The molecule has 0 saturated carbocycles. The van der Waals surface area contributed by atoms with E-state index in [-0.39, 0.29) is 0 Å². The highest BCUT2D eigenvalue weighted by atomic mass is 16.5. The first-order valence-corrected chi connectivity index (χ1v) is 7.87. The minimum Gasteiger partial charge on any atom is -0.457 e. The number of ether oxygens (including phenoxy) is 2. The molecule has 0 saturated heterocycles. The molecule has 0 aliphatic rings. The van der Waals surface area contributed by atoms with Crippen molar-refractivity contribution in [1.29, 1.82) is 0 Å². The maximum absolute atomic E-state index is 6.09. The van der Waals surface area contributed by atoms with E-state index in [0.717, 1.165) is 33.8 Å². The van der Waals surface area contributed by atoms with Crippen LogP contribution in [-0.4, -0.2) is 0 Å². The van der Waals surface area contributed by atoms with Crippen LogP contribution in [0.1, 0.15) is 0 Å². The molecule has 4 aromatic rings. The fourth-order valence-electron chi connectivity index (χ4n) is 2.63. The zero-order chi connectivity index (χ0) is 16.2. The van der Waals surface area contributed by atoms with Crippen molar-refractivity contribution >= 4 is 10.8 Å². The highest BCUT2D eigenvalue weighted by Gasteiger charge is 2.08. The van der Waals surface area contributed by atoms with Crippen LogP contribution in [-0.2, 0) is 0 Å². The number of rotatable bonds is 4. The van der Waals surface area contributed by atoms with Crippen LogP contribution in [0.4, 0.5) is 0 Å². The average molecular weight is 312 g/mol. The van der Waals surface area contributed by atoms with E-state index < -0.39 is 0 Å². The van der Waals surface area contributed by atoms with Gasteiger partial charge in [-0.1, -0.05) is 60.7 Å². The number of hydrogen-bond acceptors (Lipinski definition) is 2. The van der Waals surface area contributed by atoms with Gasteiger partial charge in [-0.25, -0.2) is 0 Å². The molecule has 4 aromatic carbocycles. The molecule has 2 heteroatoms. The zero-order valence-electron chi connectivity index (χ0n) is 13.1. The maximum atomic E-state index is 6.09. The third kappa shape index (κ3) is 3.08. The Morgan fingerprint density at radius 2 is 1.04 bits per heavy atom. The molecule has 0 bridgehead atoms. The molecule has 0 spiro atoms. The quantitative estimate of drug-likeness (QED) is 0.432. The van der Waals surface area contributed by atoms with E-state index in [2.05, 4.69) is 12.1 Å². The summed E-state index contributed by atoms with van der Waals surface area (Å²) in [5.41, 5.74) is 0. The first-order valence-electron chi connectivity index (χ1n) is 7.87. The first-order chi connectivity index (χ1) is 11.9. The van der Waals surface area contributed by atoms with Crippen molar-refractivity contribution in [2.24, 2.45) is 0 Å². The van der Waals surface area contributed by atoms with Gasteiger partial charge in [0.2, 0.25) is 0 Å². The molecular formula is C22H16O2. The van der Waals surface area contributed by atoms with Gasteiger partial charge in [-0.15, -0.1) is 0 Å². The van der Waals surface area contributed by atoms with E-state index in [1.54, 1.807) is 0 Å². The second-order valence-electron chi connectivity index (χ2n) is 5.47. The lowest BCUT2D eigenvalue weighted by Gasteiger charge is -2.12. The Labute approximate surface area is 140 Å². The van der Waals surface area contributed by atoms with Gasteiger partial charge in [0.25, 0.3) is 0 Å². The monoisotopic (exact) mass is 312 g/mol. The summed E-state index contributed by atoms with van der Waals surface area (Å²) in [4.78, 5) is 0. The summed E-state index contributed by atoms with van der Waals surface area (Å²) in [5.74, 6) is 3.15. The Kier molecular flexibility index (Phi) is 3.86. The summed E-state index contributed by atoms with van der Waals surface area (Å²) in [6.45, 7) is 0. The molecule has 2 nitrogen and oxygen atoms in total. The van der Waals surface area contributed by atoms with Crippen LogP contribution in [0.5, 0.6) is 23.0 Å². The third-order valence-corrected chi connectivity index (χ3v) is 3.75. The number of benzene rings is 4. The van der Waals surface area contributed by atoms with Crippen molar-refractivity contribution in [2.75, 3.05) is 0 Å². The zero-order valence-corrected chi connectivity index (χ0v) is 13.1. The molecule has 0 radical (unpaired) electrons. The maximum Gasteiger partial charge on any atom is 0.138 e. The lowest BCUT2D eigenvalue weighted by Crippen LogP contribution is -1.89. The minimum atomic E-state index is 0.755. The Morgan fingerprint density at radius 1 is 0.458 bits per heavy atom. The largest absolute Gasteiger partial charge is 0.457 e. The Morgan fingerprint density at radius 3 is 1.75 bits per heavy atom. The van der Waals surface area contributed by atoms with E-state index in [1.807, 2.05) is 84.9 Å². The van der Waals surface area contributed by atoms with Crippen molar-refractivity contribution in [1.82, 2.24) is 0 Å². The van der Waals surface area contributed by atoms with Gasteiger partial charge in [-0.05, 0) is 35.7 Å². The van der Waals surface area contributed by atoms with Gasteiger partial charge in [-0.3, -0.25) is 0 Å². The van der Waals surface area contributed by atoms with E-state index in [0.29, 0.717) is 0 Å². The second kappa shape index (κ2) is 6.47. The Bertz CT molecular complexity index is 947. The van der Waals surface area contributed by atoms with Crippen LogP contribution < -0.4 is 9.47 Å². The molecule has 0 N–H and O–H groups in total. The summed E-state index contributed by atoms with van der Waals surface area (Å²) < 4.78 is 12.1. The number of hydrogen-bond donors (Lipinski definition) is 0. The smallest absolute Gasteiger partial charge is 0.138 e. The van der Waals surface area contributed by atoms with Gasteiger partial charge in [-0.2, -0.15) is 0 Å². The van der Waals surface area contributed by atoms with Crippen LogP contribution in [0.2, 0.25) is 0 Å². The lowest BCUT2D eigenvalue weighted by atomic mass is 10.1. The van der Waals surface area contributed by atoms with Crippen molar-refractivity contribution in [3.05, 3.63) is 97.1 Å². The second-order valence-corrected chi connectivity index (χ2v) is 5.47. The van der Waals surface area contributed by atoms with E-state index in [1.165, 1.54) is 0 Å². The van der Waals surface area contributed by atoms with E-state index >= 15 is 0 Å². The summed E-state index contributed by atoms with van der Waals surface area (Å²) in [6.07, 6.45) is 0. The topological polar surface area (TPSA) is 18.5 Å². The normalized spacial score (nSPS) is 10.5. The van der Waals surface area contributed by atoms with Crippen molar-refractivity contribution in [2.45, 2.75) is 0 Å². The molecule has 0 heterocycles. The molecule has 0 fully saturated rings. The van der Waals surface area contributed by atoms with Gasteiger partial charge in [0.15, 0.2) is 0 Å². The molecule has 4 rings (SSSR count). The molecule has 0 aliphatic heterocycles. The summed E-state index contributed by atoms with van der Waals surface area (Å²) in [7, 11) is 0. The van der Waals surface area contributed by atoms with Gasteiger partial charge >= 0.3 is 0 Å².